The van der Waals surface area contributed by atoms with Gasteiger partial charge in [0, 0.05) is 24.3 Å². The zero-order valence-corrected chi connectivity index (χ0v) is 15.8. The Bertz CT molecular complexity index is 992. The monoisotopic (exact) mass is 400 g/mol. The molecule has 0 radical (unpaired) electrons. The number of hydrogen-bond donors (Lipinski definition) is 0. The molecule has 0 bridgehead atoms. The number of halogens is 2. The number of nitrogens with zero attached hydrogens (tertiary/aromatic N) is 2. The smallest absolute Gasteiger partial charge is 0.247 e. The van der Waals surface area contributed by atoms with E-state index in [1.807, 2.05) is 24.3 Å². The van der Waals surface area contributed by atoms with Gasteiger partial charge in [-0.05, 0) is 42.7 Å². The van der Waals surface area contributed by atoms with Gasteiger partial charge in [0.05, 0.1) is 6.61 Å². The van der Waals surface area contributed by atoms with E-state index in [-0.39, 0.29) is 23.8 Å². The molecule has 3 aliphatic rings. The van der Waals surface area contributed by atoms with Crippen molar-refractivity contribution in [3.05, 3.63) is 65.2 Å². The van der Waals surface area contributed by atoms with E-state index in [2.05, 4.69) is 5.10 Å². The first-order valence-corrected chi connectivity index (χ1v) is 10.2. The van der Waals surface area contributed by atoms with Crippen LogP contribution in [0.3, 0.4) is 0 Å². The van der Waals surface area contributed by atoms with Gasteiger partial charge in [0.15, 0.2) is 0 Å². The maximum atomic E-state index is 14.2. The van der Waals surface area contributed by atoms with Gasteiger partial charge < -0.3 is 4.74 Å². The molecule has 1 saturated carbocycles. The Labute approximate surface area is 165 Å². The van der Waals surface area contributed by atoms with Crippen LogP contribution in [0, 0.1) is 17.6 Å². The predicted octanol–water partition coefficient (Wildman–Crippen LogP) is 4.44. The number of para-hydroxylation sites is 1. The van der Waals surface area contributed by atoms with Crippen LogP contribution in [-0.4, -0.2) is 22.6 Å². The van der Waals surface area contributed by atoms with Gasteiger partial charge in [0.25, 0.3) is 0 Å². The summed E-state index contributed by atoms with van der Waals surface area (Å²) in [5, 5.41) is 6.80. The minimum Gasteiger partial charge on any atom is -0.493 e. The summed E-state index contributed by atoms with van der Waals surface area (Å²) in [6.45, 7) is 0.468. The van der Waals surface area contributed by atoms with Crippen molar-refractivity contribution in [3.63, 3.8) is 0 Å². The highest BCUT2D eigenvalue weighted by atomic mass is 32.2. The average Bonchev–Trinajstić information content (AvgIpc) is 3.48. The summed E-state index contributed by atoms with van der Waals surface area (Å²) in [4.78, 5) is 12.4. The lowest BCUT2D eigenvalue weighted by atomic mass is 9.98. The van der Waals surface area contributed by atoms with Crippen LogP contribution in [0.25, 0.3) is 0 Å². The molecule has 2 aliphatic heterocycles. The number of rotatable bonds is 3. The van der Waals surface area contributed by atoms with Gasteiger partial charge in [-0.15, -0.1) is 0 Å². The van der Waals surface area contributed by atoms with Gasteiger partial charge in [-0.3, -0.25) is 4.79 Å². The lowest BCUT2D eigenvalue weighted by Gasteiger charge is -2.39. The van der Waals surface area contributed by atoms with Crippen molar-refractivity contribution < 1.29 is 18.3 Å². The van der Waals surface area contributed by atoms with Crippen molar-refractivity contribution in [2.45, 2.75) is 30.6 Å². The summed E-state index contributed by atoms with van der Waals surface area (Å²) < 4.78 is 33.5. The number of hydrazone groups is 1. The Morgan fingerprint density at radius 1 is 1.25 bits per heavy atom. The number of thioether (sulfide) groups is 1. The third-order valence-electron chi connectivity index (χ3n) is 5.33. The van der Waals surface area contributed by atoms with Gasteiger partial charge in [0.2, 0.25) is 5.91 Å². The Morgan fingerprint density at radius 3 is 2.89 bits per heavy atom. The van der Waals surface area contributed by atoms with E-state index < -0.39 is 16.5 Å². The van der Waals surface area contributed by atoms with Crippen molar-refractivity contribution in [2.75, 3.05) is 6.61 Å². The van der Waals surface area contributed by atoms with E-state index in [0.29, 0.717) is 18.1 Å². The first-order valence-electron chi connectivity index (χ1n) is 9.34. The highest BCUT2D eigenvalue weighted by molar-refractivity contribution is 8.15. The molecule has 28 heavy (non-hydrogen) atoms. The van der Waals surface area contributed by atoms with E-state index in [4.69, 9.17) is 4.74 Å². The highest BCUT2D eigenvalue weighted by Gasteiger charge is 2.53. The number of amides is 1. The Hall–Kier alpha value is -2.41. The lowest BCUT2D eigenvalue weighted by molar-refractivity contribution is -0.136. The molecule has 4 nitrogen and oxygen atoms in total. The van der Waals surface area contributed by atoms with Crippen molar-refractivity contribution in [1.29, 1.82) is 0 Å². The molecule has 0 saturated heterocycles. The molecule has 7 heteroatoms. The van der Waals surface area contributed by atoms with Crippen LogP contribution in [0.1, 0.15) is 30.4 Å². The summed E-state index contributed by atoms with van der Waals surface area (Å²) in [5.41, 5.74) is 1.14. The Morgan fingerprint density at radius 2 is 2.07 bits per heavy atom. The zero-order valence-electron chi connectivity index (χ0n) is 15.0. The maximum absolute atomic E-state index is 14.2. The second-order valence-corrected chi connectivity index (χ2v) is 8.66. The van der Waals surface area contributed by atoms with Crippen molar-refractivity contribution in [3.8, 4) is 5.75 Å². The molecule has 0 aromatic heterocycles. The summed E-state index contributed by atoms with van der Waals surface area (Å²) in [5.74, 6) is -0.223. The molecule has 1 aliphatic carbocycles. The molecule has 2 heterocycles. The first-order chi connectivity index (χ1) is 13.6. The molecule has 2 aromatic rings. The van der Waals surface area contributed by atoms with E-state index in [9.17, 15) is 13.6 Å². The molecule has 5 rings (SSSR count). The molecule has 2 aromatic carbocycles. The molecule has 1 amide bonds. The van der Waals surface area contributed by atoms with Gasteiger partial charge in [0.1, 0.15) is 27.3 Å². The predicted molar refractivity (Wildman–Crippen MR) is 103 cm³/mol. The van der Waals surface area contributed by atoms with Gasteiger partial charge in [-0.25, -0.2) is 13.8 Å². The van der Waals surface area contributed by atoms with Crippen LogP contribution in [0.4, 0.5) is 8.78 Å². The number of ether oxygens (including phenoxy) is 1. The Kier molecular flexibility index (Phi) is 4.16. The van der Waals surface area contributed by atoms with Gasteiger partial charge >= 0.3 is 0 Å². The van der Waals surface area contributed by atoms with E-state index in [1.54, 1.807) is 5.01 Å². The third kappa shape index (κ3) is 2.89. The standard InChI is InChI=1S/C21H18F2N2O2S/c22-15-7-8-17(23)14(11-15)12-19-24-25(20(26)13-5-6-13)21(28-19)9-10-27-18-4-2-1-3-16(18)21/h1-4,7-8,11,13H,5-6,9-10,12H2. The number of benzene rings is 2. The van der Waals surface area contributed by atoms with Crippen LogP contribution >= 0.6 is 11.8 Å². The average molecular weight is 400 g/mol. The second kappa shape index (κ2) is 6.58. The minimum absolute atomic E-state index is 0.00100. The molecule has 1 unspecified atom stereocenters. The third-order valence-corrected chi connectivity index (χ3v) is 6.73. The molecular formula is C21H18F2N2O2S. The minimum atomic E-state index is -0.687. The number of carbonyl (C=O) groups excluding carboxylic acids is 1. The van der Waals surface area contributed by atoms with E-state index >= 15 is 0 Å². The van der Waals surface area contributed by atoms with Crippen molar-refractivity contribution >= 4 is 22.7 Å². The fourth-order valence-electron chi connectivity index (χ4n) is 3.77. The number of carbonyl (C=O) groups is 1. The molecule has 0 N–H and O–H groups in total. The fraction of sp³-hybridized carbons (Fsp3) is 0.333. The Balaban J connectivity index is 1.54. The summed E-state index contributed by atoms with van der Waals surface area (Å²) >= 11 is 1.45. The molecular weight excluding hydrogens is 382 g/mol. The normalized spacial score (nSPS) is 23.4. The summed E-state index contributed by atoms with van der Waals surface area (Å²) in [7, 11) is 0. The van der Waals surface area contributed by atoms with Gasteiger partial charge in [-0.1, -0.05) is 30.0 Å². The van der Waals surface area contributed by atoms with Crippen LogP contribution in [0.2, 0.25) is 0 Å². The molecule has 1 spiro atoms. The zero-order chi connectivity index (χ0) is 19.3. The SMILES string of the molecule is O=C(C1CC1)N1N=C(Cc2cc(F)ccc2F)SC12CCOc1ccccc12. The largest absolute Gasteiger partial charge is 0.493 e. The maximum Gasteiger partial charge on any atom is 0.247 e. The summed E-state index contributed by atoms with van der Waals surface area (Å²) in [6.07, 6.45) is 2.48. The van der Waals surface area contributed by atoms with Crippen molar-refractivity contribution in [2.24, 2.45) is 11.0 Å². The van der Waals surface area contributed by atoms with Crippen molar-refractivity contribution in [1.82, 2.24) is 5.01 Å². The fourth-order valence-corrected chi connectivity index (χ4v) is 5.19. The topological polar surface area (TPSA) is 41.9 Å². The number of hydrogen-bond acceptors (Lipinski definition) is 4. The second-order valence-electron chi connectivity index (χ2n) is 7.31. The van der Waals surface area contributed by atoms with Crippen LogP contribution in [0.5, 0.6) is 5.75 Å². The van der Waals surface area contributed by atoms with E-state index in [1.165, 1.54) is 17.8 Å². The quantitative estimate of drug-likeness (QED) is 0.765. The first kappa shape index (κ1) is 17.7. The number of fused-ring (bicyclic) bond motifs is 2. The van der Waals surface area contributed by atoms with Crippen LogP contribution in [-0.2, 0) is 16.1 Å². The van der Waals surface area contributed by atoms with Gasteiger partial charge in [-0.2, -0.15) is 5.10 Å². The molecule has 1 fully saturated rings. The summed E-state index contributed by atoms with van der Waals surface area (Å²) in [6, 6.07) is 11.1. The van der Waals surface area contributed by atoms with E-state index in [0.717, 1.165) is 36.3 Å². The molecule has 144 valence electrons. The van der Waals surface area contributed by atoms with Crippen LogP contribution in [0.15, 0.2) is 47.6 Å². The highest BCUT2D eigenvalue weighted by Crippen LogP contribution is 2.54. The molecule has 1 atom stereocenters. The van der Waals surface area contributed by atoms with Crippen LogP contribution < -0.4 is 4.74 Å². The lowest BCUT2D eigenvalue weighted by Crippen LogP contribution is -2.45.